The maximum atomic E-state index is 12.4. The molecule has 3 aromatic rings. The molecule has 4 rings (SSSR count). The molecule has 1 unspecified atom stereocenters. The zero-order valence-electron chi connectivity index (χ0n) is 13.5. The van der Waals surface area contributed by atoms with Crippen molar-refractivity contribution in [3.63, 3.8) is 0 Å². The number of carbonyl (C=O) groups excluding carboxylic acids is 1. The molecule has 2 aromatic carbocycles. The summed E-state index contributed by atoms with van der Waals surface area (Å²) < 4.78 is 6.88. The number of fused-ring (bicyclic) bond motifs is 1. The first-order valence-electron chi connectivity index (χ1n) is 7.88. The molecule has 1 atom stereocenters. The van der Waals surface area contributed by atoms with E-state index in [1.54, 1.807) is 18.3 Å². The van der Waals surface area contributed by atoms with Gasteiger partial charge in [0.1, 0.15) is 0 Å². The van der Waals surface area contributed by atoms with Crippen LogP contribution in [0.2, 0.25) is 0 Å². The molecule has 25 heavy (non-hydrogen) atoms. The smallest absolute Gasteiger partial charge is 0.423 e. The molecule has 1 aliphatic rings. The number of aromatic nitrogens is 3. The second-order valence-corrected chi connectivity index (χ2v) is 5.81. The van der Waals surface area contributed by atoms with Gasteiger partial charge in [0.15, 0.2) is 5.69 Å². The normalized spacial score (nSPS) is 15.9. The van der Waals surface area contributed by atoms with Crippen molar-refractivity contribution in [3.8, 4) is 5.69 Å². The number of hydrogen-bond acceptors (Lipinski definition) is 5. The number of anilines is 1. The average Bonchev–Trinajstić information content (AvgIpc) is 3.22. The van der Waals surface area contributed by atoms with Gasteiger partial charge < -0.3 is 15.0 Å². The Balaban J connectivity index is 1.53. The first-order valence-corrected chi connectivity index (χ1v) is 7.88. The Morgan fingerprint density at radius 3 is 2.88 bits per heavy atom. The molecule has 0 saturated carbocycles. The van der Waals surface area contributed by atoms with Gasteiger partial charge in [-0.15, -0.1) is 5.10 Å². The summed E-state index contributed by atoms with van der Waals surface area (Å²) in [4.78, 5) is 12.4. The summed E-state index contributed by atoms with van der Waals surface area (Å²) in [7, 11) is -0.971. The number of hydrogen-bond donors (Lipinski definition) is 2. The van der Waals surface area contributed by atoms with E-state index in [2.05, 4.69) is 15.6 Å². The van der Waals surface area contributed by atoms with E-state index < -0.39 is 7.12 Å². The van der Waals surface area contributed by atoms with Crippen molar-refractivity contribution in [3.05, 3.63) is 66.0 Å². The van der Waals surface area contributed by atoms with E-state index in [4.69, 9.17) is 4.65 Å². The number of para-hydroxylation sites is 1. The Morgan fingerprint density at radius 1 is 1.28 bits per heavy atom. The summed E-state index contributed by atoms with van der Waals surface area (Å²) in [5, 5.41) is 20.6. The number of nitrogens with zero attached hydrogens (tertiary/aromatic N) is 3. The molecule has 0 spiro atoms. The third-order valence-electron chi connectivity index (χ3n) is 4.13. The Kier molecular flexibility index (Phi) is 3.83. The minimum Gasteiger partial charge on any atom is -0.423 e. The maximum Gasteiger partial charge on any atom is 0.492 e. The highest BCUT2D eigenvalue weighted by Gasteiger charge is 2.32. The Bertz CT molecular complexity index is 929. The fourth-order valence-corrected chi connectivity index (χ4v) is 2.85. The van der Waals surface area contributed by atoms with Crippen LogP contribution in [0.5, 0.6) is 0 Å². The fourth-order valence-electron chi connectivity index (χ4n) is 2.85. The van der Waals surface area contributed by atoms with Crippen LogP contribution in [-0.2, 0) is 4.65 Å². The first-order chi connectivity index (χ1) is 12.1. The van der Waals surface area contributed by atoms with Crippen molar-refractivity contribution in [1.82, 2.24) is 15.0 Å². The van der Waals surface area contributed by atoms with Crippen molar-refractivity contribution in [2.45, 2.75) is 13.0 Å². The monoisotopic (exact) mass is 334 g/mol. The molecule has 0 aliphatic carbocycles. The predicted octanol–water partition coefficient (Wildman–Crippen LogP) is 1.30. The third-order valence-corrected chi connectivity index (χ3v) is 4.13. The van der Waals surface area contributed by atoms with Gasteiger partial charge in [-0.2, -0.15) is 0 Å². The topological polar surface area (TPSA) is 89.3 Å². The van der Waals surface area contributed by atoms with Crippen LogP contribution < -0.4 is 10.8 Å². The van der Waals surface area contributed by atoms with Gasteiger partial charge in [0, 0.05) is 5.69 Å². The van der Waals surface area contributed by atoms with Crippen molar-refractivity contribution < 1.29 is 14.5 Å². The molecule has 0 saturated heterocycles. The van der Waals surface area contributed by atoms with Gasteiger partial charge in [0.05, 0.1) is 18.0 Å². The van der Waals surface area contributed by atoms with Crippen molar-refractivity contribution in [2.24, 2.45) is 0 Å². The Morgan fingerprint density at radius 2 is 2.08 bits per heavy atom. The summed E-state index contributed by atoms with van der Waals surface area (Å²) in [5.41, 5.74) is 3.17. The highest BCUT2D eigenvalue weighted by Crippen LogP contribution is 2.24. The van der Waals surface area contributed by atoms with Crippen molar-refractivity contribution in [1.29, 1.82) is 0 Å². The minimum atomic E-state index is -0.971. The standard InChI is InChI=1S/C17H15BN4O3/c1-11-14-8-7-12(9-15(14)18(24)25-11)19-17(23)16-10-22(21-20-16)13-5-3-2-4-6-13/h2-11,24H,1H3,(H,19,23). The lowest BCUT2D eigenvalue weighted by Crippen LogP contribution is -2.28. The highest BCUT2D eigenvalue weighted by atomic mass is 16.5. The van der Waals surface area contributed by atoms with Gasteiger partial charge >= 0.3 is 7.12 Å². The zero-order valence-corrected chi connectivity index (χ0v) is 13.5. The van der Waals surface area contributed by atoms with Crippen LogP contribution in [0.1, 0.15) is 29.1 Å². The molecule has 1 aliphatic heterocycles. The van der Waals surface area contributed by atoms with E-state index in [9.17, 15) is 9.82 Å². The van der Waals surface area contributed by atoms with Crippen LogP contribution in [0.25, 0.3) is 5.69 Å². The lowest BCUT2D eigenvalue weighted by molar-refractivity contribution is 0.102. The number of nitrogens with one attached hydrogen (secondary N) is 1. The molecule has 0 bridgehead atoms. The molecule has 124 valence electrons. The van der Waals surface area contributed by atoms with Gasteiger partial charge in [-0.3, -0.25) is 4.79 Å². The molecule has 0 fully saturated rings. The summed E-state index contributed by atoms with van der Waals surface area (Å²) in [6.07, 6.45) is 1.40. The fraction of sp³-hybridized carbons (Fsp3) is 0.118. The second kappa shape index (κ2) is 6.16. The second-order valence-electron chi connectivity index (χ2n) is 5.81. The molecule has 2 heterocycles. The number of carbonyl (C=O) groups is 1. The average molecular weight is 334 g/mol. The van der Waals surface area contributed by atoms with Crippen LogP contribution in [0.3, 0.4) is 0 Å². The minimum absolute atomic E-state index is 0.166. The Hall–Kier alpha value is -2.97. The molecule has 0 radical (unpaired) electrons. The molecule has 8 heteroatoms. The summed E-state index contributed by atoms with van der Waals surface area (Å²) in [6, 6.07) is 14.7. The van der Waals surface area contributed by atoms with E-state index in [-0.39, 0.29) is 17.7 Å². The third kappa shape index (κ3) is 2.93. The van der Waals surface area contributed by atoms with Gasteiger partial charge in [0.2, 0.25) is 0 Å². The van der Waals surface area contributed by atoms with Crippen molar-refractivity contribution >= 4 is 24.2 Å². The SMILES string of the molecule is CC1OB(O)c2cc(NC(=O)c3cn(-c4ccccc4)nn3)ccc21. The van der Waals surface area contributed by atoms with E-state index in [0.29, 0.717) is 11.2 Å². The lowest BCUT2D eigenvalue weighted by Gasteiger charge is -2.07. The molecule has 2 N–H and O–H groups in total. The summed E-state index contributed by atoms with van der Waals surface area (Å²) in [6.45, 7) is 1.87. The molecular weight excluding hydrogens is 319 g/mol. The maximum absolute atomic E-state index is 12.4. The molecule has 7 nitrogen and oxygen atoms in total. The number of amides is 1. The van der Waals surface area contributed by atoms with Crippen LogP contribution in [0, 0.1) is 0 Å². The number of rotatable bonds is 3. The van der Waals surface area contributed by atoms with E-state index >= 15 is 0 Å². The molecule has 1 aromatic heterocycles. The van der Waals surface area contributed by atoms with E-state index in [1.807, 2.05) is 43.3 Å². The van der Waals surface area contributed by atoms with E-state index in [1.165, 1.54) is 4.68 Å². The van der Waals surface area contributed by atoms with Crippen LogP contribution in [0.4, 0.5) is 5.69 Å². The quantitative estimate of drug-likeness (QED) is 0.705. The Labute approximate surface area is 144 Å². The highest BCUT2D eigenvalue weighted by molar-refractivity contribution is 6.61. The first kappa shape index (κ1) is 15.6. The van der Waals surface area contributed by atoms with Gasteiger partial charge in [-0.1, -0.05) is 29.5 Å². The van der Waals surface area contributed by atoms with Gasteiger partial charge in [0.25, 0.3) is 5.91 Å². The van der Waals surface area contributed by atoms with Crippen molar-refractivity contribution in [2.75, 3.05) is 5.32 Å². The van der Waals surface area contributed by atoms with Crippen LogP contribution in [0.15, 0.2) is 54.7 Å². The van der Waals surface area contributed by atoms with E-state index in [0.717, 1.165) is 11.3 Å². The van der Waals surface area contributed by atoms with Gasteiger partial charge in [-0.05, 0) is 42.2 Å². The molecule has 1 amide bonds. The predicted molar refractivity (Wildman–Crippen MR) is 92.9 cm³/mol. The van der Waals surface area contributed by atoms with Gasteiger partial charge in [-0.25, -0.2) is 4.68 Å². The summed E-state index contributed by atoms with van der Waals surface area (Å²) in [5.74, 6) is -0.372. The summed E-state index contributed by atoms with van der Waals surface area (Å²) >= 11 is 0. The van der Waals surface area contributed by atoms with Crippen LogP contribution in [-0.4, -0.2) is 33.0 Å². The number of benzene rings is 2. The van der Waals surface area contributed by atoms with Crippen LogP contribution >= 0.6 is 0 Å². The lowest BCUT2D eigenvalue weighted by atomic mass is 9.79. The largest absolute Gasteiger partial charge is 0.492 e. The molecular formula is C17H15BN4O3. The zero-order chi connectivity index (χ0) is 17.4.